The normalized spacial score (nSPS) is 16.2. The summed E-state index contributed by atoms with van der Waals surface area (Å²) in [6.45, 7) is 0.496. The van der Waals surface area contributed by atoms with Gasteiger partial charge in [0.1, 0.15) is 12.4 Å². The van der Waals surface area contributed by atoms with E-state index in [1.807, 2.05) is 42.5 Å². The van der Waals surface area contributed by atoms with E-state index in [1.165, 1.54) is 0 Å². The van der Waals surface area contributed by atoms with Crippen LogP contribution in [0.4, 0.5) is 36.2 Å². The van der Waals surface area contributed by atoms with Crippen molar-refractivity contribution in [3.63, 3.8) is 0 Å². The number of carbonyl (C=O) groups excluding carboxylic acids is 1. The lowest BCUT2D eigenvalue weighted by molar-refractivity contribution is -0.137. The first-order valence-electron chi connectivity index (χ1n) is 13.6. The molecule has 4 heterocycles. The van der Waals surface area contributed by atoms with Gasteiger partial charge in [0.2, 0.25) is 6.17 Å². The number of pyridine rings is 1. The molecule has 10 nitrogen and oxygen atoms in total. The van der Waals surface area contributed by atoms with Gasteiger partial charge in [0.05, 0.1) is 34.9 Å². The van der Waals surface area contributed by atoms with Crippen molar-refractivity contribution in [3.8, 4) is 17.3 Å². The van der Waals surface area contributed by atoms with E-state index in [4.69, 9.17) is 14.1 Å². The van der Waals surface area contributed by atoms with E-state index in [0.29, 0.717) is 22.8 Å². The number of hydrogen-bond acceptors (Lipinski definition) is 9. The fourth-order valence-corrected chi connectivity index (χ4v) is 5.07. The number of para-hydroxylation sites is 3. The molecule has 3 aromatic carbocycles. The molecule has 2 N–H and O–H groups in total. The van der Waals surface area contributed by atoms with Crippen LogP contribution in [0.5, 0.6) is 5.75 Å². The monoisotopic (exact) mass is 597 g/mol. The highest BCUT2D eigenvalue weighted by Crippen LogP contribution is 2.42. The molecule has 0 saturated heterocycles. The summed E-state index contributed by atoms with van der Waals surface area (Å²) in [4.78, 5) is 23.7. The minimum Gasteiger partial charge on any atom is -0.490 e. The number of rotatable bonds is 5. The minimum absolute atomic E-state index is 0.0291. The van der Waals surface area contributed by atoms with Crippen LogP contribution in [-0.2, 0) is 11.0 Å². The smallest absolute Gasteiger partial charge is 0.417 e. The summed E-state index contributed by atoms with van der Waals surface area (Å²) >= 11 is 0. The number of benzene rings is 3. The van der Waals surface area contributed by atoms with Gasteiger partial charge in [-0.05, 0) is 24.3 Å². The maximum Gasteiger partial charge on any atom is 0.417 e. The Hall–Kier alpha value is -5.72. The Balaban J connectivity index is 1.26. The number of aromatic nitrogens is 3. The first-order chi connectivity index (χ1) is 21.3. The first-order valence-corrected chi connectivity index (χ1v) is 13.6. The molecule has 5 aromatic rings. The van der Waals surface area contributed by atoms with Crippen molar-refractivity contribution >= 4 is 34.7 Å². The molecule has 0 aliphatic carbocycles. The summed E-state index contributed by atoms with van der Waals surface area (Å²) in [5.74, 6) is -0.103. The number of benzodiazepines with no additional fused rings is 1. The molecule has 0 unspecified atom stereocenters. The molecule has 2 aliphatic rings. The third-order valence-corrected chi connectivity index (χ3v) is 7.10. The molecule has 13 heteroatoms. The summed E-state index contributed by atoms with van der Waals surface area (Å²) in [5, 5.41) is 13.8. The molecule has 0 saturated carbocycles. The van der Waals surface area contributed by atoms with Gasteiger partial charge in [-0.3, -0.25) is 4.79 Å². The molecule has 2 aromatic heterocycles. The van der Waals surface area contributed by atoms with Gasteiger partial charge >= 0.3 is 12.2 Å². The SMILES string of the molecule is O=C1Nc2ccccc2C(c2ccccc2)=N[C@@H]1Nc1nnc(-c2ncc(C(F)(F)F)cc2N2CCOc3ccccc32)o1. The predicted octanol–water partition coefficient (Wildman–Crippen LogP) is 5.91. The number of nitrogens with zero attached hydrogens (tertiary/aromatic N) is 5. The summed E-state index contributed by atoms with van der Waals surface area (Å²) in [6, 6.07) is 24.5. The number of nitrogens with one attached hydrogen (secondary N) is 2. The molecule has 1 atom stereocenters. The van der Waals surface area contributed by atoms with Crippen LogP contribution < -0.4 is 20.3 Å². The second-order valence-electron chi connectivity index (χ2n) is 9.90. The maximum absolute atomic E-state index is 13.8. The largest absolute Gasteiger partial charge is 0.490 e. The third kappa shape index (κ3) is 5.08. The molecule has 220 valence electrons. The minimum atomic E-state index is -4.63. The van der Waals surface area contributed by atoms with Crippen molar-refractivity contribution < 1.29 is 27.1 Å². The van der Waals surface area contributed by atoms with E-state index in [-0.39, 0.29) is 36.4 Å². The van der Waals surface area contributed by atoms with Crippen LogP contribution in [0, 0.1) is 0 Å². The van der Waals surface area contributed by atoms with E-state index in [1.54, 1.807) is 41.3 Å². The average Bonchev–Trinajstić information content (AvgIpc) is 3.45. The van der Waals surface area contributed by atoms with Crippen LogP contribution in [0.15, 0.2) is 101 Å². The van der Waals surface area contributed by atoms with E-state index < -0.39 is 23.8 Å². The third-order valence-electron chi connectivity index (χ3n) is 7.10. The number of ether oxygens (including phenoxy) is 1. The number of amides is 1. The Morgan fingerprint density at radius 2 is 1.70 bits per heavy atom. The highest BCUT2D eigenvalue weighted by molar-refractivity contribution is 6.19. The van der Waals surface area contributed by atoms with Gasteiger partial charge in [-0.2, -0.15) is 13.2 Å². The zero-order chi connectivity index (χ0) is 30.3. The van der Waals surface area contributed by atoms with Gasteiger partial charge in [-0.15, -0.1) is 5.10 Å². The lowest BCUT2D eigenvalue weighted by Gasteiger charge is -2.32. The number of aliphatic imine (C=N–C) groups is 1. The van der Waals surface area contributed by atoms with Gasteiger partial charge in [0, 0.05) is 17.3 Å². The molecule has 7 rings (SSSR count). The molecule has 2 aliphatic heterocycles. The van der Waals surface area contributed by atoms with Crippen LogP contribution in [-0.4, -0.2) is 46.1 Å². The number of anilines is 4. The fourth-order valence-electron chi connectivity index (χ4n) is 5.07. The highest BCUT2D eigenvalue weighted by Gasteiger charge is 2.35. The van der Waals surface area contributed by atoms with Crippen molar-refractivity contribution in [3.05, 3.63) is 108 Å². The fraction of sp³-hybridized carbons (Fsp3) is 0.129. The molecule has 0 radical (unpaired) electrons. The van der Waals surface area contributed by atoms with E-state index in [2.05, 4.69) is 25.8 Å². The van der Waals surface area contributed by atoms with Crippen LogP contribution in [0.2, 0.25) is 0 Å². The average molecular weight is 598 g/mol. The summed E-state index contributed by atoms with van der Waals surface area (Å²) < 4.78 is 52.8. The molecule has 0 bridgehead atoms. The second kappa shape index (κ2) is 10.8. The van der Waals surface area contributed by atoms with Gasteiger partial charge in [-0.25, -0.2) is 9.98 Å². The number of fused-ring (bicyclic) bond motifs is 2. The summed E-state index contributed by atoms with van der Waals surface area (Å²) in [6.07, 6.45) is -5.08. The zero-order valence-corrected chi connectivity index (χ0v) is 22.7. The van der Waals surface area contributed by atoms with Crippen LogP contribution >= 0.6 is 0 Å². The van der Waals surface area contributed by atoms with Crippen molar-refractivity contribution in [2.24, 2.45) is 4.99 Å². The van der Waals surface area contributed by atoms with Crippen molar-refractivity contribution in [1.82, 2.24) is 15.2 Å². The highest BCUT2D eigenvalue weighted by atomic mass is 19.4. The first kappa shape index (κ1) is 27.1. The van der Waals surface area contributed by atoms with Gasteiger partial charge in [-0.1, -0.05) is 65.8 Å². The molecule has 1 amide bonds. The van der Waals surface area contributed by atoms with Gasteiger partial charge < -0.3 is 24.7 Å². The Morgan fingerprint density at radius 1 is 0.932 bits per heavy atom. The molecule has 44 heavy (non-hydrogen) atoms. The van der Waals surface area contributed by atoms with Crippen LogP contribution in [0.3, 0.4) is 0 Å². The predicted molar refractivity (Wildman–Crippen MR) is 156 cm³/mol. The lowest BCUT2D eigenvalue weighted by atomic mass is 10.0. The van der Waals surface area contributed by atoms with Crippen LogP contribution in [0.25, 0.3) is 11.6 Å². The van der Waals surface area contributed by atoms with Gasteiger partial charge in [0.15, 0.2) is 5.69 Å². The molecular weight excluding hydrogens is 575 g/mol. The topological polar surface area (TPSA) is 118 Å². The van der Waals surface area contributed by atoms with Crippen molar-refractivity contribution in [2.45, 2.75) is 12.3 Å². The number of halogens is 3. The Morgan fingerprint density at radius 3 is 2.55 bits per heavy atom. The molecular formula is C31H22F3N7O3. The van der Waals surface area contributed by atoms with E-state index in [0.717, 1.165) is 23.4 Å². The summed E-state index contributed by atoms with van der Waals surface area (Å²) in [5.41, 5.74) is 2.44. The van der Waals surface area contributed by atoms with E-state index in [9.17, 15) is 18.0 Å². The summed E-state index contributed by atoms with van der Waals surface area (Å²) in [7, 11) is 0. The Labute approximate surface area is 248 Å². The van der Waals surface area contributed by atoms with E-state index >= 15 is 0 Å². The molecule has 0 spiro atoms. The zero-order valence-electron chi connectivity index (χ0n) is 22.7. The van der Waals surface area contributed by atoms with Gasteiger partial charge in [0.25, 0.3) is 11.8 Å². The van der Waals surface area contributed by atoms with Crippen molar-refractivity contribution in [1.29, 1.82) is 0 Å². The van der Waals surface area contributed by atoms with Crippen LogP contribution in [0.1, 0.15) is 16.7 Å². The Kier molecular flexibility index (Phi) is 6.68. The standard InChI is InChI=1S/C31H22F3N7O3/c32-31(33,34)19-16-23(41-14-15-43-24-13-7-6-12-22(24)41)26(35-17-19)29-39-40-30(44-29)38-27-28(42)36-21-11-5-4-10-20(21)25(37-27)18-8-2-1-3-9-18/h1-13,16-17,27H,14-15H2,(H,36,42)(H,38,40)/t27-/m1/s1. The lowest BCUT2D eigenvalue weighted by Crippen LogP contribution is -2.32. The second-order valence-corrected chi connectivity index (χ2v) is 9.90. The van der Waals surface area contributed by atoms with Crippen molar-refractivity contribution in [2.75, 3.05) is 28.7 Å². The quantitative estimate of drug-likeness (QED) is 0.257. The maximum atomic E-state index is 13.8. The molecule has 0 fully saturated rings. The Bertz CT molecular complexity index is 1890. The number of carbonyl (C=O) groups is 1. The number of hydrogen-bond donors (Lipinski definition) is 2. The number of alkyl halides is 3.